The molecule has 1 amide bonds. The topological polar surface area (TPSA) is 52.9 Å². The summed E-state index contributed by atoms with van der Waals surface area (Å²) in [5.41, 5.74) is 2.09. The Morgan fingerprint density at radius 3 is 2.70 bits per heavy atom. The Morgan fingerprint density at radius 2 is 2.00 bits per heavy atom. The first-order chi connectivity index (χ1) is 9.54. The van der Waals surface area contributed by atoms with Crippen LogP contribution in [0.3, 0.4) is 0 Å². The number of halogens is 2. The lowest BCUT2D eigenvalue weighted by atomic mass is 10.1. The minimum Gasteiger partial charge on any atom is -0.321 e. The largest absolute Gasteiger partial charge is 0.321 e. The Kier molecular flexibility index (Phi) is 4.43. The standard InChI is InChI=1S/C15H10BrClN2O/c1-9-4-2-7-13(11(9)8-18)19-15(20)10-5-3-6-12(16)14(10)17/h2-7H,1H3,(H,19,20). The molecule has 0 aliphatic rings. The van der Waals surface area contributed by atoms with Gasteiger partial charge in [-0.25, -0.2) is 0 Å². The van der Waals surface area contributed by atoms with Gasteiger partial charge >= 0.3 is 0 Å². The molecule has 2 aromatic carbocycles. The Hall–Kier alpha value is -1.83. The van der Waals surface area contributed by atoms with E-state index in [4.69, 9.17) is 16.9 Å². The van der Waals surface area contributed by atoms with Crippen LogP contribution in [-0.4, -0.2) is 5.91 Å². The predicted molar refractivity (Wildman–Crippen MR) is 83.0 cm³/mol. The molecule has 2 rings (SSSR count). The van der Waals surface area contributed by atoms with E-state index >= 15 is 0 Å². The van der Waals surface area contributed by atoms with E-state index in [1.165, 1.54) is 0 Å². The van der Waals surface area contributed by atoms with Gasteiger partial charge in [0.15, 0.2) is 0 Å². The van der Waals surface area contributed by atoms with Crippen LogP contribution in [0.15, 0.2) is 40.9 Å². The Morgan fingerprint density at radius 1 is 1.30 bits per heavy atom. The van der Waals surface area contributed by atoms with Crippen molar-refractivity contribution >= 4 is 39.1 Å². The third-order valence-corrected chi connectivity index (χ3v) is 4.13. The van der Waals surface area contributed by atoms with Gasteiger partial charge in [-0.1, -0.05) is 29.8 Å². The zero-order chi connectivity index (χ0) is 14.7. The number of benzene rings is 2. The van der Waals surface area contributed by atoms with E-state index in [-0.39, 0.29) is 5.91 Å². The summed E-state index contributed by atoms with van der Waals surface area (Å²) in [5, 5.41) is 12.2. The van der Waals surface area contributed by atoms with Crippen LogP contribution in [0, 0.1) is 18.3 Å². The van der Waals surface area contributed by atoms with Gasteiger partial charge in [0.25, 0.3) is 5.91 Å². The van der Waals surface area contributed by atoms with Crippen molar-refractivity contribution in [3.05, 3.63) is 62.6 Å². The third-order valence-electron chi connectivity index (χ3n) is 2.83. The van der Waals surface area contributed by atoms with Crippen molar-refractivity contribution in [3.8, 4) is 6.07 Å². The molecule has 20 heavy (non-hydrogen) atoms. The molecule has 100 valence electrons. The van der Waals surface area contributed by atoms with Crippen molar-refractivity contribution in [2.45, 2.75) is 6.92 Å². The summed E-state index contributed by atoms with van der Waals surface area (Å²) in [4.78, 5) is 12.2. The summed E-state index contributed by atoms with van der Waals surface area (Å²) >= 11 is 9.36. The lowest BCUT2D eigenvalue weighted by Crippen LogP contribution is -2.13. The average Bonchev–Trinajstić information content (AvgIpc) is 2.42. The first-order valence-corrected chi connectivity index (χ1v) is 6.96. The minimum atomic E-state index is -0.349. The van der Waals surface area contributed by atoms with Crippen LogP contribution < -0.4 is 5.32 Å². The molecule has 0 heterocycles. The van der Waals surface area contributed by atoms with Gasteiger partial charge in [-0.3, -0.25) is 4.79 Å². The van der Waals surface area contributed by atoms with Gasteiger partial charge in [0, 0.05) is 4.47 Å². The van der Waals surface area contributed by atoms with Gasteiger partial charge in [-0.15, -0.1) is 0 Å². The molecule has 0 saturated carbocycles. The van der Waals surface area contributed by atoms with E-state index in [9.17, 15) is 4.79 Å². The lowest BCUT2D eigenvalue weighted by molar-refractivity contribution is 0.102. The Labute approximate surface area is 130 Å². The van der Waals surface area contributed by atoms with Crippen molar-refractivity contribution in [1.82, 2.24) is 0 Å². The highest BCUT2D eigenvalue weighted by atomic mass is 79.9. The number of carbonyl (C=O) groups excluding carboxylic acids is 1. The number of carbonyl (C=O) groups is 1. The highest BCUT2D eigenvalue weighted by Gasteiger charge is 2.14. The molecule has 3 nitrogen and oxygen atoms in total. The van der Waals surface area contributed by atoms with Crippen LogP contribution in [0.2, 0.25) is 5.02 Å². The van der Waals surface area contributed by atoms with Crippen LogP contribution in [0.1, 0.15) is 21.5 Å². The minimum absolute atomic E-state index is 0.344. The fourth-order valence-corrected chi connectivity index (χ4v) is 2.37. The average molecular weight is 350 g/mol. The molecule has 0 aliphatic heterocycles. The van der Waals surface area contributed by atoms with Crippen LogP contribution in [0.4, 0.5) is 5.69 Å². The number of nitriles is 1. The van der Waals surface area contributed by atoms with Gasteiger partial charge in [0.1, 0.15) is 6.07 Å². The molecule has 0 bridgehead atoms. The maximum Gasteiger partial charge on any atom is 0.257 e. The zero-order valence-electron chi connectivity index (χ0n) is 10.6. The van der Waals surface area contributed by atoms with Crippen molar-refractivity contribution in [1.29, 1.82) is 5.26 Å². The maximum absolute atomic E-state index is 12.2. The highest BCUT2D eigenvalue weighted by Crippen LogP contribution is 2.27. The van der Waals surface area contributed by atoms with Crippen LogP contribution in [0.5, 0.6) is 0 Å². The van der Waals surface area contributed by atoms with Gasteiger partial charge in [0.2, 0.25) is 0 Å². The number of rotatable bonds is 2. The molecular formula is C15H10BrClN2O. The second-order valence-electron chi connectivity index (χ2n) is 4.16. The third kappa shape index (κ3) is 2.84. The summed E-state index contributed by atoms with van der Waals surface area (Å²) in [7, 11) is 0. The highest BCUT2D eigenvalue weighted by molar-refractivity contribution is 9.10. The molecule has 0 aliphatic carbocycles. The molecular weight excluding hydrogens is 340 g/mol. The van der Waals surface area contributed by atoms with Gasteiger partial charge in [-0.05, 0) is 46.6 Å². The quantitative estimate of drug-likeness (QED) is 0.865. The molecule has 0 fully saturated rings. The summed E-state index contributed by atoms with van der Waals surface area (Å²) in [6, 6.07) is 12.5. The van der Waals surface area contributed by atoms with Crippen molar-refractivity contribution < 1.29 is 4.79 Å². The predicted octanol–water partition coefficient (Wildman–Crippen LogP) is 4.53. The number of nitrogens with one attached hydrogen (secondary N) is 1. The lowest BCUT2D eigenvalue weighted by Gasteiger charge is -2.10. The van der Waals surface area contributed by atoms with Crippen LogP contribution in [-0.2, 0) is 0 Å². The van der Waals surface area contributed by atoms with Gasteiger partial charge in [0.05, 0.1) is 21.8 Å². The molecule has 0 atom stereocenters. The molecule has 1 N–H and O–H groups in total. The number of nitrogens with zero attached hydrogens (tertiary/aromatic N) is 1. The summed E-state index contributed by atoms with van der Waals surface area (Å²) in [5.74, 6) is -0.349. The van der Waals surface area contributed by atoms with E-state index in [1.807, 2.05) is 13.0 Å². The van der Waals surface area contributed by atoms with Crippen molar-refractivity contribution in [3.63, 3.8) is 0 Å². The normalized spacial score (nSPS) is 9.90. The summed E-state index contributed by atoms with van der Waals surface area (Å²) < 4.78 is 0.650. The number of anilines is 1. The molecule has 0 aromatic heterocycles. The second-order valence-corrected chi connectivity index (χ2v) is 5.40. The maximum atomic E-state index is 12.2. The van der Waals surface area contributed by atoms with E-state index in [0.29, 0.717) is 26.3 Å². The fourth-order valence-electron chi connectivity index (χ4n) is 1.79. The zero-order valence-corrected chi connectivity index (χ0v) is 12.9. The Balaban J connectivity index is 2.36. The number of hydrogen-bond acceptors (Lipinski definition) is 2. The second kappa shape index (κ2) is 6.08. The Bertz CT molecular complexity index is 722. The van der Waals surface area contributed by atoms with Crippen molar-refractivity contribution in [2.24, 2.45) is 0 Å². The summed E-state index contributed by atoms with van der Waals surface area (Å²) in [6.07, 6.45) is 0. The number of aryl methyl sites for hydroxylation is 1. The number of hydrogen-bond donors (Lipinski definition) is 1. The van der Waals surface area contributed by atoms with Crippen LogP contribution >= 0.6 is 27.5 Å². The smallest absolute Gasteiger partial charge is 0.257 e. The van der Waals surface area contributed by atoms with E-state index < -0.39 is 0 Å². The van der Waals surface area contributed by atoms with E-state index in [0.717, 1.165) is 5.56 Å². The molecule has 0 radical (unpaired) electrons. The SMILES string of the molecule is Cc1cccc(NC(=O)c2cccc(Br)c2Cl)c1C#N. The number of amides is 1. The van der Waals surface area contributed by atoms with Crippen LogP contribution in [0.25, 0.3) is 0 Å². The molecule has 2 aromatic rings. The first-order valence-electron chi connectivity index (χ1n) is 5.79. The van der Waals surface area contributed by atoms with Crippen molar-refractivity contribution in [2.75, 3.05) is 5.32 Å². The first kappa shape index (κ1) is 14.6. The summed E-state index contributed by atoms with van der Waals surface area (Å²) in [6.45, 7) is 1.82. The molecule has 5 heteroatoms. The molecule has 0 saturated heterocycles. The van der Waals surface area contributed by atoms with Gasteiger partial charge < -0.3 is 5.32 Å². The monoisotopic (exact) mass is 348 g/mol. The van der Waals surface area contributed by atoms with E-state index in [1.54, 1.807) is 30.3 Å². The molecule has 0 spiro atoms. The van der Waals surface area contributed by atoms with Gasteiger partial charge in [-0.2, -0.15) is 5.26 Å². The fraction of sp³-hybridized carbons (Fsp3) is 0.0667. The van der Waals surface area contributed by atoms with E-state index in [2.05, 4.69) is 27.3 Å². The molecule has 0 unspecified atom stereocenters.